The minimum absolute atomic E-state index is 0.315. The lowest BCUT2D eigenvalue weighted by Gasteiger charge is -2.06. The largest absolute Gasteiger partial charge is 0.396 e. The van der Waals surface area contributed by atoms with Gasteiger partial charge in [-0.15, -0.1) is 11.3 Å². The Hall–Kier alpha value is -2.33. The van der Waals surface area contributed by atoms with E-state index in [-0.39, 0.29) is 5.91 Å². The third-order valence-corrected chi connectivity index (χ3v) is 3.22. The Morgan fingerprint density at radius 2 is 2.50 bits per heavy atom. The quantitative estimate of drug-likeness (QED) is 0.878. The second kappa shape index (κ2) is 4.89. The van der Waals surface area contributed by atoms with Gasteiger partial charge in [0.2, 0.25) is 0 Å². The lowest BCUT2D eigenvalue weighted by Crippen LogP contribution is -2.18. The van der Waals surface area contributed by atoms with Crippen LogP contribution in [-0.4, -0.2) is 15.7 Å². The SMILES string of the molecule is CCn1ncc(N)c1C(=O)Nc1sccc1C#N. The number of nitrogens with zero attached hydrogens (tertiary/aromatic N) is 3. The van der Waals surface area contributed by atoms with Crippen LogP contribution in [0, 0.1) is 11.3 Å². The number of anilines is 2. The van der Waals surface area contributed by atoms with Crippen LogP contribution in [0.5, 0.6) is 0 Å². The van der Waals surface area contributed by atoms with Gasteiger partial charge >= 0.3 is 0 Å². The van der Waals surface area contributed by atoms with Gasteiger partial charge in [0.25, 0.3) is 5.91 Å². The molecule has 0 bridgehead atoms. The number of nitrogens with one attached hydrogen (secondary N) is 1. The van der Waals surface area contributed by atoms with Crippen LogP contribution in [0.3, 0.4) is 0 Å². The lowest BCUT2D eigenvalue weighted by atomic mass is 10.3. The van der Waals surface area contributed by atoms with Gasteiger partial charge < -0.3 is 11.1 Å². The van der Waals surface area contributed by atoms with Crippen LogP contribution in [-0.2, 0) is 6.54 Å². The third-order valence-electron chi connectivity index (χ3n) is 2.40. The van der Waals surface area contributed by atoms with Crippen molar-refractivity contribution < 1.29 is 4.79 Å². The van der Waals surface area contributed by atoms with E-state index in [4.69, 9.17) is 11.0 Å². The molecule has 0 saturated heterocycles. The molecule has 7 heteroatoms. The summed E-state index contributed by atoms with van der Waals surface area (Å²) in [4.78, 5) is 12.1. The summed E-state index contributed by atoms with van der Waals surface area (Å²) in [7, 11) is 0. The number of carbonyl (C=O) groups excluding carboxylic acids is 1. The van der Waals surface area contributed by atoms with Crippen LogP contribution in [0.2, 0.25) is 0 Å². The first-order valence-electron chi connectivity index (χ1n) is 5.27. The number of aryl methyl sites for hydroxylation is 1. The molecule has 92 valence electrons. The molecule has 0 saturated carbocycles. The van der Waals surface area contributed by atoms with E-state index in [0.29, 0.717) is 28.5 Å². The van der Waals surface area contributed by atoms with Crippen molar-refractivity contribution in [2.24, 2.45) is 0 Å². The fourth-order valence-electron chi connectivity index (χ4n) is 1.54. The molecule has 0 aliphatic carbocycles. The number of nitriles is 1. The minimum atomic E-state index is -0.356. The van der Waals surface area contributed by atoms with Gasteiger partial charge in [-0.05, 0) is 18.4 Å². The highest BCUT2D eigenvalue weighted by atomic mass is 32.1. The molecule has 2 aromatic rings. The van der Waals surface area contributed by atoms with E-state index in [0.717, 1.165) is 0 Å². The minimum Gasteiger partial charge on any atom is -0.396 e. The third kappa shape index (κ3) is 2.06. The highest BCUT2D eigenvalue weighted by molar-refractivity contribution is 7.14. The van der Waals surface area contributed by atoms with Crippen LogP contribution < -0.4 is 11.1 Å². The van der Waals surface area contributed by atoms with Crippen molar-refractivity contribution in [3.8, 4) is 6.07 Å². The molecule has 0 aliphatic heterocycles. The Bertz CT molecular complexity index is 622. The van der Waals surface area contributed by atoms with Crippen molar-refractivity contribution in [2.45, 2.75) is 13.5 Å². The molecule has 18 heavy (non-hydrogen) atoms. The average molecular weight is 261 g/mol. The van der Waals surface area contributed by atoms with Crippen molar-refractivity contribution in [1.29, 1.82) is 5.26 Å². The maximum atomic E-state index is 12.1. The summed E-state index contributed by atoms with van der Waals surface area (Å²) < 4.78 is 1.52. The number of aromatic nitrogens is 2. The molecule has 0 unspecified atom stereocenters. The number of thiophene rings is 1. The number of nitrogen functional groups attached to an aromatic ring is 1. The van der Waals surface area contributed by atoms with Crippen LogP contribution >= 0.6 is 11.3 Å². The molecular formula is C11H11N5OS. The average Bonchev–Trinajstić information content (AvgIpc) is 2.95. The maximum absolute atomic E-state index is 12.1. The molecule has 2 heterocycles. The van der Waals surface area contributed by atoms with E-state index in [9.17, 15) is 4.79 Å². The van der Waals surface area contributed by atoms with Crippen molar-refractivity contribution in [2.75, 3.05) is 11.1 Å². The molecular weight excluding hydrogens is 250 g/mol. The highest BCUT2D eigenvalue weighted by Crippen LogP contribution is 2.23. The van der Waals surface area contributed by atoms with E-state index in [2.05, 4.69) is 10.4 Å². The predicted molar refractivity (Wildman–Crippen MR) is 69.3 cm³/mol. The molecule has 0 fully saturated rings. The number of amides is 1. The van der Waals surface area contributed by atoms with Crippen molar-refractivity contribution in [3.63, 3.8) is 0 Å². The van der Waals surface area contributed by atoms with E-state index >= 15 is 0 Å². The fourth-order valence-corrected chi connectivity index (χ4v) is 2.28. The molecule has 0 spiro atoms. The molecule has 6 nitrogen and oxygen atoms in total. The van der Waals surface area contributed by atoms with E-state index in [1.165, 1.54) is 22.2 Å². The normalized spacial score (nSPS) is 10.0. The Kier molecular flexibility index (Phi) is 3.30. The number of rotatable bonds is 3. The Balaban J connectivity index is 2.28. The van der Waals surface area contributed by atoms with E-state index < -0.39 is 0 Å². The summed E-state index contributed by atoms with van der Waals surface area (Å²) in [6.45, 7) is 2.42. The standard InChI is InChI=1S/C11H11N5OS/c1-2-16-9(8(13)6-14-16)10(17)15-11-7(5-12)3-4-18-11/h3-4,6H,2,13H2,1H3,(H,15,17). The van der Waals surface area contributed by atoms with Gasteiger partial charge in [-0.2, -0.15) is 10.4 Å². The molecule has 1 amide bonds. The van der Waals surface area contributed by atoms with Crippen LogP contribution in [0.4, 0.5) is 10.7 Å². The van der Waals surface area contributed by atoms with Crippen LogP contribution in [0.15, 0.2) is 17.6 Å². The Morgan fingerprint density at radius 1 is 1.72 bits per heavy atom. The predicted octanol–water partition coefficient (Wildman–Crippen LogP) is 1.67. The monoisotopic (exact) mass is 261 g/mol. The molecule has 0 atom stereocenters. The number of hydrogen-bond donors (Lipinski definition) is 2. The zero-order valence-electron chi connectivity index (χ0n) is 9.67. The van der Waals surface area contributed by atoms with Gasteiger partial charge in [0.15, 0.2) is 0 Å². The summed E-state index contributed by atoms with van der Waals surface area (Å²) in [5.41, 5.74) is 6.79. The number of nitrogens with two attached hydrogens (primary N) is 1. The molecule has 2 aromatic heterocycles. The Morgan fingerprint density at radius 3 is 3.17 bits per heavy atom. The molecule has 2 rings (SSSR count). The van der Waals surface area contributed by atoms with E-state index in [1.807, 2.05) is 13.0 Å². The maximum Gasteiger partial charge on any atom is 0.276 e. The van der Waals surface area contributed by atoms with Gasteiger partial charge in [-0.25, -0.2) is 0 Å². The zero-order chi connectivity index (χ0) is 13.1. The first-order chi connectivity index (χ1) is 8.67. The van der Waals surface area contributed by atoms with Crippen LogP contribution in [0.1, 0.15) is 23.0 Å². The summed E-state index contributed by atoms with van der Waals surface area (Å²) >= 11 is 1.29. The first kappa shape index (κ1) is 12.1. The van der Waals surface area contributed by atoms with Gasteiger partial charge in [0.05, 0.1) is 17.4 Å². The van der Waals surface area contributed by atoms with Gasteiger partial charge in [0.1, 0.15) is 16.8 Å². The second-order valence-electron chi connectivity index (χ2n) is 3.49. The van der Waals surface area contributed by atoms with Gasteiger partial charge in [0, 0.05) is 6.54 Å². The zero-order valence-corrected chi connectivity index (χ0v) is 10.5. The van der Waals surface area contributed by atoms with Gasteiger partial charge in [-0.1, -0.05) is 0 Å². The summed E-state index contributed by atoms with van der Waals surface area (Å²) in [5.74, 6) is -0.356. The molecule has 0 aliphatic rings. The fraction of sp³-hybridized carbons (Fsp3) is 0.182. The summed E-state index contributed by atoms with van der Waals surface area (Å²) in [6.07, 6.45) is 1.44. The number of hydrogen-bond acceptors (Lipinski definition) is 5. The topological polar surface area (TPSA) is 96.7 Å². The van der Waals surface area contributed by atoms with Crippen molar-refractivity contribution in [1.82, 2.24) is 9.78 Å². The van der Waals surface area contributed by atoms with Crippen molar-refractivity contribution in [3.05, 3.63) is 28.9 Å². The Labute approximate surface area is 108 Å². The molecule has 0 radical (unpaired) electrons. The summed E-state index contributed by atoms with van der Waals surface area (Å²) in [5, 5.41) is 17.8. The highest BCUT2D eigenvalue weighted by Gasteiger charge is 2.17. The first-order valence-corrected chi connectivity index (χ1v) is 6.15. The molecule has 0 aromatic carbocycles. The smallest absolute Gasteiger partial charge is 0.276 e. The number of carbonyl (C=O) groups is 1. The molecule has 3 N–H and O–H groups in total. The second-order valence-corrected chi connectivity index (χ2v) is 4.41. The summed E-state index contributed by atoms with van der Waals surface area (Å²) in [6, 6.07) is 3.66. The lowest BCUT2D eigenvalue weighted by molar-refractivity contribution is 0.101. The van der Waals surface area contributed by atoms with Crippen LogP contribution in [0.25, 0.3) is 0 Å². The van der Waals surface area contributed by atoms with Crippen molar-refractivity contribution >= 4 is 27.9 Å². The van der Waals surface area contributed by atoms with Gasteiger partial charge in [-0.3, -0.25) is 9.48 Å². The van der Waals surface area contributed by atoms with E-state index in [1.54, 1.807) is 11.4 Å².